The van der Waals surface area contributed by atoms with Crippen LogP contribution in [0.15, 0.2) is 110 Å². The minimum absolute atomic E-state index is 0.106. The number of nitrogens with one attached hydrogen (secondary N) is 1. The van der Waals surface area contributed by atoms with Crippen LogP contribution >= 0.6 is 0 Å². The van der Waals surface area contributed by atoms with Crippen LogP contribution in [0.25, 0.3) is 10.8 Å². The number of carbonyl (C=O) groups is 2. The fourth-order valence-electron chi connectivity index (χ4n) is 5.75. The minimum atomic E-state index is -0.645. The number of aromatic nitrogens is 2. The molecule has 1 aliphatic rings. The van der Waals surface area contributed by atoms with Gasteiger partial charge in [-0.3, -0.25) is 9.59 Å². The number of hydrogen-bond donors (Lipinski definition) is 1. The number of fused-ring (bicyclic) bond motifs is 1. The molecule has 5 aromatic rings. The van der Waals surface area contributed by atoms with Crippen molar-refractivity contribution in [1.29, 1.82) is 5.26 Å². The molecule has 2 heterocycles. The highest BCUT2D eigenvalue weighted by atomic mass is 16.5. The van der Waals surface area contributed by atoms with Crippen molar-refractivity contribution in [3.63, 3.8) is 0 Å². The average Bonchev–Trinajstić information content (AvgIpc) is 3.70. The Balaban J connectivity index is 1.16. The number of amides is 2. The average molecular weight is 584 g/mol. The van der Waals surface area contributed by atoms with Crippen molar-refractivity contribution >= 4 is 22.6 Å². The van der Waals surface area contributed by atoms with Gasteiger partial charge in [0.25, 0.3) is 0 Å². The molecule has 0 saturated carbocycles. The maximum atomic E-state index is 13.8. The normalized spacial score (nSPS) is 16.1. The number of hydrogen-bond acceptors (Lipinski definition) is 5. The molecule has 8 heteroatoms. The zero-order valence-corrected chi connectivity index (χ0v) is 24.3. The highest BCUT2D eigenvalue weighted by Crippen LogP contribution is 2.24. The van der Waals surface area contributed by atoms with Crippen LogP contribution in [0.4, 0.5) is 0 Å². The molecule has 1 aromatic heterocycles. The smallest absolute Gasteiger partial charge is 0.243 e. The van der Waals surface area contributed by atoms with Crippen LogP contribution in [0.5, 0.6) is 0 Å². The lowest BCUT2D eigenvalue weighted by atomic mass is 10.0. The van der Waals surface area contributed by atoms with Crippen molar-refractivity contribution < 1.29 is 14.3 Å². The fourth-order valence-corrected chi connectivity index (χ4v) is 5.75. The largest absolute Gasteiger partial charge is 0.372 e. The van der Waals surface area contributed by atoms with Gasteiger partial charge in [-0.25, -0.2) is 4.98 Å². The number of nitriles is 1. The van der Waals surface area contributed by atoms with E-state index in [0.29, 0.717) is 38.2 Å². The van der Waals surface area contributed by atoms with Gasteiger partial charge in [0.05, 0.1) is 37.1 Å². The number of carbonyl (C=O) groups excluding carboxylic acids is 2. The summed E-state index contributed by atoms with van der Waals surface area (Å²) in [6.07, 6.45) is 3.65. The molecule has 44 heavy (non-hydrogen) atoms. The Morgan fingerprint density at radius 3 is 2.52 bits per heavy atom. The molecule has 0 bridgehead atoms. The summed E-state index contributed by atoms with van der Waals surface area (Å²) in [4.78, 5) is 33.4. The molecule has 0 spiro atoms. The number of nitrogens with zero attached hydrogens (tertiary/aromatic N) is 4. The summed E-state index contributed by atoms with van der Waals surface area (Å²) in [6.45, 7) is 1.63. The monoisotopic (exact) mass is 583 g/mol. The molecule has 2 atom stereocenters. The Bertz CT molecular complexity index is 1790. The third-order valence-corrected chi connectivity index (χ3v) is 8.11. The maximum absolute atomic E-state index is 13.8. The molecule has 8 nitrogen and oxygen atoms in total. The quantitative estimate of drug-likeness (QED) is 0.249. The molecule has 4 aromatic carbocycles. The summed E-state index contributed by atoms with van der Waals surface area (Å²) in [5.41, 5.74) is 4.41. The van der Waals surface area contributed by atoms with Crippen molar-refractivity contribution in [2.45, 2.75) is 44.7 Å². The minimum Gasteiger partial charge on any atom is -0.372 e. The van der Waals surface area contributed by atoms with E-state index in [2.05, 4.69) is 34.6 Å². The molecule has 1 aliphatic heterocycles. The van der Waals surface area contributed by atoms with Crippen LogP contribution in [0.3, 0.4) is 0 Å². The molecule has 1 fully saturated rings. The second-order valence-electron chi connectivity index (χ2n) is 11.1. The van der Waals surface area contributed by atoms with E-state index in [0.717, 1.165) is 33.2 Å². The molecule has 6 rings (SSSR count). The SMILES string of the molecule is N#Cc1ccc(Cn2cncc2CC(=O)N2C[C@H](OCc3ccccc3)CC2C(=O)NCc2cccc3ccccc23)cc1. The molecule has 1 unspecified atom stereocenters. The maximum Gasteiger partial charge on any atom is 0.243 e. The van der Waals surface area contributed by atoms with Crippen LogP contribution in [-0.4, -0.2) is 45.0 Å². The predicted molar refractivity (Wildman–Crippen MR) is 167 cm³/mol. The van der Waals surface area contributed by atoms with Crippen LogP contribution in [-0.2, 0) is 40.4 Å². The Kier molecular flexibility index (Phi) is 8.76. The van der Waals surface area contributed by atoms with Crippen LogP contribution < -0.4 is 5.32 Å². The van der Waals surface area contributed by atoms with E-state index in [4.69, 9.17) is 10.00 Å². The number of ether oxygens (including phenoxy) is 1. The van der Waals surface area contributed by atoms with Gasteiger partial charge in [0, 0.05) is 37.9 Å². The molecule has 220 valence electrons. The Morgan fingerprint density at radius 2 is 1.70 bits per heavy atom. The van der Waals surface area contributed by atoms with Crippen LogP contribution in [0, 0.1) is 11.3 Å². The summed E-state index contributed by atoms with van der Waals surface area (Å²) in [7, 11) is 0. The third-order valence-electron chi connectivity index (χ3n) is 8.11. The summed E-state index contributed by atoms with van der Waals surface area (Å²) < 4.78 is 8.14. The summed E-state index contributed by atoms with van der Waals surface area (Å²) in [6, 6.07) is 32.9. The van der Waals surface area contributed by atoms with E-state index in [1.807, 2.05) is 71.3 Å². The van der Waals surface area contributed by atoms with Gasteiger partial charge < -0.3 is 19.5 Å². The van der Waals surface area contributed by atoms with Crippen molar-refractivity contribution in [2.75, 3.05) is 6.54 Å². The lowest BCUT2D eigenvalue weighted by molar-refractivity contribution is -0.138. The summed E-state index contributed by atoms with van der Waals surface area (Å²) in [5, 5.41) is 14.4. The molecule has 0 radical (unpaired) electrons. The Hall–Kier alpha value is -5.26. The molecule has 0 aliphatic carbocycles. The van der Waals surface area contributed by atoms with E-state index >= 15 is 0 Å². The molecule has 2 amide bonds. The van der Waals surface area contributed by atoms with Gasteiger partial charge in [0.15, 0.2) is 0 Å². The van der Waals surface area contributed by atoms with E-state index in [-0.39, 0.29) is 24.3 Å². The van der Waals surface area contributed by atoms with E-state index in [1.54, 1.807) is 29.6 Å². The molecular formula is C36H33N5O3. The van der Waals surface area contributed by atoms with Gasteiger partial charge in [0.1, 0.15) is 6.04 Å². The third kappa shape index (κ3) is 6.69. The Labute approximate surface area is 256 Å². The van der Waals surface area contributed by atoms with Crippen LogP contribution in [0.2, 0.25) is 0 Å². The Morgan fingerprint density at radius 1 is 0.932 bits per heavy atom. The first kappa shape index (κ1) is 28.8. The van der Waals surface area contributed by atoms with Gasteiger partial charge in [-0.15, -0.1) is 0 Å². The van der Waals surface area contributed by atoms with Crippen LogP contribution in [0.1, 0.15) is 34.4 Å². The van der Waals surface area contributed by atoms with Gasteiger partial charge in [-0.1, -0.05) is 84.9 Å². The highest BCUT2D eigenvalue weighted by Gasteiger charge is 2.40. The number of likely N-dealkylation sites (tertiary alicyclic amines) is 1. The topological polar surface area (TPSA) is 100 Å². The van der Waals surface area contributed by atoms with E-state index in [1.165, 1.54) is 0 Å². The van der Waals surface area contributed by atoms with E-state index in [9.17, 15) is 9.59 Å². The van der Waals surface area contributed by atoms with E-state index < -0.39 is 6.04 Å². The predicted octanol–water partition coefficient (Wildman–Crippen LogP) is 5.00. The fraction of sp³-hybridized carbons (Fsp3) is 0.222. The lowest BCUT2D eigenvalue weighted by Crippen LogP contribution is -2.46. The number of imidazole rings is 1. The zero-order chi connectivity index (χ0) is 30.3. The summed E-state index contributed by atoms with van der Waals surface area (Å²) >= 11 is 0. The van der Waals surface area contributed by atoms with Gasteiger partial charge in [-0.2, -0.15) is 5.26 Å². The second-order valence-corrected chi connectivity index (χ2v) is 11.1. The van der Waals surface area contributed by atoms with Gasteiger partial charge >= 0.3 is 0 Å². The second kappa shape index (κ2) is 13.4. The van der Waals surface area contributed by atoms with Crippen molar-refractivity contribution in [1.82, 2.24) is 19.8 Å². The number of benzene rings is 4. The molecule has 1 N–H and O–H groups in total. The van der Waals surface area contributed by atoms with Crippen molar-refractivity contribution in [3.05, 3.63) is 138 Å². The molecule has 1 saturated heterocycles. The standard InChI is InChI=1S/C36H33N5O3/c37-19-26-13-15-27(16-14-26)22-40-25-38-21-31(40)17-35(42)41-23-32(44-24-28-7-2-1-3-8-28)18-34(41)36(43)39-20-30-11-6-10-29-9-4-5-12-33(29)30/h1-16,21,25,32,34H,17-18,20,22-24H2,(H,39,43)/t32-,34?/m1/s1. The lowest BCUT2D eigenvalue weighted by Gasteiger charge is -2.24. The highest BCUT2D eigenvalue weighted by molar-refractivity contribution is 5.90. The van der Waals surface area contributed by atoms with Gasteiger partial charge in [0.2, 0.25) is 11.8 Å². The first-order valence-electron chi connectivity index (χ1n) is 14.7. The molecular weight excluding hydrogens is 550 g/mol. The number of rotatable bonds is 10. The summed E-state index contributed by atoms with van der Waals surface area (Å²) in [5.74, 6) is -0.342. The van der Waals surface area contributed by atoms with Gasteiger partial charge in [-0.05, 0) is 39.6 Å². The first-order valence-corrected chi connectivity index (χ1v) is 14.7. The zero-order valence-electron chi connectivity index (χ0n) is 24.3. The first-order chi connectivity index (χ1) is 21.6. The van der Waals surface area contributed by atoms with Crippen molar-refractivity contribution in [2.24, 2.45) is 0 Å². The van der Waals surface area contributed by atoms with Crippen molar-refractivity contribution in [3.8, 4) is 6.07 Å².